The van der Waals surface area contributed by atoms with Gasteiger partial charge in [0.2, 0.25) is 0 Å². The molecule has 3 aromatic rings. The van der Waals surface area contributed by atoms with E-state index in [9.17, 15) is 9.59 Å². The van der Waals surface area contributed by atoms with E-state index < -0.39 is 0 Å². The summed E-state index contributed by atoms with van der Waals surface area (Å²) in [5.41, 5.74) is 6.52. The van der Waals surface area contributed by atoms with Crippen LogP contribution in [0.1, 0.15) is 49.7 Å². The number of hydrogen-bond acceptors (Lipinski definition) is 3. The molecule has 6 heteroatoms. The fourth-order valence-corrected chi connectivity index (χ4v) is 3.94. The number of amides is 2. The normalized spacial score (nSPS) is 12.5. The summed E-state index contributed by atoms with van der Waals surface area (Å²) in [6, 6.07) is 15.5. The number of aromatic nitrogens is 2. The first kappa shape index (κ1) is 19.9. The average Bonchev–Trinajstić information content (AvgIpc) is 3.37. The molecule has 0 bridgehead atoms. The second-order valence-corrected chi connectivity index (χ2v) is 7.81. The Balaban J connectivity index is 1.56. The van der Waals surface area contributed by atoms with E-state index in [1.165, 1.54) is 5.56 Å². The Bertz CT molecular complexity index is 1080. The van der Waals surface area contributed by atoms with Gasteiger partial charge in [-0.3, -0.25) is 9.59 Å². The summed E-state index contributed by atoms with van der Waals surface area (Å²) >= 11 is 0. The van der Waals surface area contributed by atoms with Crippen LogP contribution in [0, 0.1) is 6.92 Å². The molecule has 1 aliphatic rings. The lowest BCUT2D eigenvalue weighted by Crippen LogP contribution is -2.27. The van der Waals surface area contributed by atoms with Gasteiger partial charge >= 0.3 is 0 Å². The lowest BCUT2D eigenvalue weighted by atomic mass is 10.1. The molecular weight excluding hydrogens is 376 g/mol. The van der Waals surface area contributed by atoms with E-state index >= 15 is 0 Å². The van der Waals surface area contributed by atoms with Gasteiger partial charge in [0.25, 0.3) is 11.8 Å². The summed E-state index contributed by atoms with van der Waals surface area (Å²) in [5, 5.41) is 7.33. The van der Waals surface area contributed by atoms with Gasteiger partial charge in [0, 0.05) is 37.5 Å². The quantitative estimate of drug-likeness (QED) is 0.712. The fraction of sp³-hybridized carbons (Fsp3) is 0.292. The van der Waals surface area contributed by atoms with Gasteiger partial charge in [-0.1, -0.05) is 29.8 Å². The van der Waals surface area contributed by atoms with Crippen LogP contribution in [-0.4, -0.2) is 40.6 Å². The number of nitrogens with one attached hydrogen (secondary N) is 1. The highest BCUT2D eigenvalue weighted by Gasteiger charge is 2.28. The van der Waals surface area contributed by atoms with E-state index in [0.29, 0.717) is 17.8 Å². The summed E-state index contributed by atoms with van der Waals surface area (Å²) in [7, 11) is 3.40. The zero-order valence-electron chi connectivity index (χ0n) is 17.6. The van der Waals surface area contributed by atoms with Crippen molar-refractivity contribution in [2.75, 3.05) is 14.1 Å². The molecule has 154 valence electrons. The van der Waals surface area contributed by atoms with Crippen molar-refractivity contribution >= 4 is 11.8 Å². The van der Waals surface area contributed by atoms with E-state index in [4.69, 9.17) is 5.10 Å². The minimum absolute atomic E-state index is 0.0746. The van der Waals surface area contributed by atoms with E-state index in [-0.39, 0.29) is 11.8 Å². The minimum atomic E-state index is -0.122. The molecule has 0 radical (unpaired) electrons. The second kappa shape index (κ2) is 8.14. The smallest absolute Gasteiger partial charge is 0.274 e. The Morgan fingerprint density at radius 2 is 1.77 bits per heavy atom. The molecule has 1 aromatic heterocycles. The number of nitrogens with zero attached hydrogens (tertiary/aromatic N) is 3. The zero-order valence-corrected chi connectivity index (χ0v) is 17.6. The standard InChI is InChI=1S/C24H26N4O2/c1-16-7-13-19(14-8-16)28-21-6-4-5-20(21)22(26-28)24(30)27(3)15-17-9-11-18(12-10-17)23(29)25-2/h7-14H,4-6,15H2,1-3H3,(H,25,29). The molecule has 0 fully saturated rings. The van der Waals surface area contributed by atoms with Gasteiger partial charge in [0.15, 0.2) is 5.69 Å². The van der Waals surface area contributed by atoms with Gasteiger partial charge in [-0.2, -0.15) is 5.10 Å². The summed E-state index contributed by atoms with van der Waals surface area (Å²) < 4.78 is 1.93. The van der Waals surface area contributed by atoms with Crippen molar-refractivity contribution in [1.29, 1.82) is 0 Å². The van der Waals surface area contributed by atoms with Gasteiger partial charge in [0.1, 0.15) is 0 Å². The van der Waals surface area contributed by atoms with Crippen LogP contribution in [0.15, 0.2) is 48.5 Å². The predicted octanol–water partition coefficient (Wildman–Crippen LogP) is 3.30. The molecule has 2 amide bonds. The van der Waals surface area contributed by atoms with Crippen molar-refractivity contribution < 1.29 is 9.59 Å². The monoisotopic (exact) mass is 402 g/mol. The van der Waals surface area contributed by atoms with Gasteiger partial charge in [-0.25, -0.2) is 4.68 Å². The topological polar surface area (TPSA) is 67.2 Å². The van der Waals surface area contributed by atoms with E-state index in [1.54, 1.807) is 31.1 Å². The molecule has 0 saturated heterocycles. The van der Waals surface area contributed by atoms with Crippen LogP contribution in [0.2, 0.25) is 0 Å². The SMILES string of the molecule is CNC(=O)c1ccc(CN(C)C(=O)c2nn(-c3ccc(C)cc3)c3c2CCC3)cc1. The Morgan fingerprint density at radius 1 is 1.07 bits per heavy atom. The van der Waals surface area contributed by atoms with E-state index in [2.05, 4.69) is 24.4 Å². The molecule has 4 rings (SSSR count). The molecule has 0 atom stereocenters. The largest absolute Gasteiger partial charge is 0.355 e. The third-order valence-electron chi connectivity index (χ3n) is 5.62. The lowest BCUT2D eigenvalue weighted by molar-refractivity contribution is 0.0777. The number of aryl methyl sites for hydroxylation is 1. The van der Waals surface area contributed by atoms with Crippen LogP contribution in [0.25, 0.3) is 5.69 Å². The first-order chi connectivity index (χ1) is 14.5. The van der Waals surface area contributed by atoms with Gasteiger partial charge < -0.3 is 10.2 Å². The number of hydrogen-bond donors (Lipinski definition) is 1. The molecule has 1 aliphatic carbocycles. The Hall–Kier alpha value is -3.41. The van der Waals surface area contributed by atoms with Crippen molar-refractivity contribution in [2.45, 2.75) is 32.7 Å². The second-order valence-electron chi connectivity index (χ2n) is 7.81. The minimum Gasteiger partial charge on any atom is -0.355 e. The maximum absolute atomic E-state index is 13.2. The van der Waals surface area contributed by atoms with Gasteiger partial charge in [-0.05, 0) is 56.0 Å². The van der Waals surface area contributed by atoms with Crippen LogP contribution < -0.4 is 5.32 Å². The number of benzene rings is 2. The van der Waals surface area contributed by atoms with E-state index in [0.717, 1.165) is 41.8 Å². The van der Waals surface area contributed by atoms with Crippen LogP contribution in [0.5, 0.6) is 0 Å². The lowest BCUT2D eigenvalue weighted by Gasteiger charge is -2.17. The van der Waals surface area contributed by atoms with Crippen molar-refractivity contribution in [2.24, 2.45) is 0 Å². The summed E-state index contributed by atoms with van der Waals surface area (Å²) in [5.74, 6) is -0.197. The van der Waals surface area contributed by atoms with Crippen LogP contribution in [0.4, 0.5) is 0 Å². The third-order valence-corrected chi connectivity index (χ3v) is 5.62. The Kier molecular flexibility index (Phi) is 5.40. The number of carbonyl (C=O) groups is 2. The average molecular weight is 402 g/mol. The predicted molar refractivity (Wildman–Crippen MR) is 116 cm³/mol. The fourth-order valence-electron chi connectivity index (χ4n) is 3.94. The van der Waals surface area contributed by atoms with Gasteiger partial charge in [-0.15, -0.1) is 0 Å². The van der Waals surface area contributed by atoms with Crippen molar-refractivity contribution in [3.63, 3.8) is 0 Å². The van der Waals surface area contributed by atoms with Crippen LogP contribution in [-0.2, 0) is 19.4 Å². The number of fused-ring (bicyclic) bond motifs is 1. The Labute approximate surface area is 176 Å². The third kappa shape index (κ3) is 3.73. The molecule has 0 aliphatic heterocycles. The number of rotatable bonds is 5. The van der Waals surface area contributed by atoms with E-state index in [1.807, 2.05) is 28.9 Å². The summed E-state index contributed by atoms with van der Waals surface area (Å²) in [4.78, 5) is 26.6. The molecule has 0 spiro atoms. The van der Waals surface area contributed by atoms with Crippen molar-refractivity contribution in [3.05, 3.63) is 82.2 Å². The highest BCUT2D eigenvalue weighted by atomic mass is 16.2. The maximum atomic E-state index is 13.2. The number of carbonyl (C=O) groups excluding carboxylic acids is 2. The van der Waals surface area contributed by atoms with Crippen molar-refractivity contribution in [1.82, 2.24) is 20.0 Å². The van der Waals surface area contributed by atoms with Crippen LogP contribution >= 0.6 is 0 Å². The summed E-state index contributed by atoms with van der Waals surface area (Å²) in [6.07, 6.45) is 2.87. The molecule has 0 unspecified atom stereocenters. The molecule has 6 nitrogen and oxygen atoms in total. The molecule has 0 saturated carbocycles. The molecule has 2 aromatic carbocycles. The first-order valence-electron chi connectivity index (χ1n) is 10.2. The Morgan fingerprint density at radius 3 is 2.43 bits per heavy atom. The van der Waals surface area contributed by atoms with Crippen molar-refractivity contribution in [3.8, 4) is 5.69 Å². The molecule has 1 N–H and O–H groups in total. The van der Waals surface area contributed by atoms with Crippen LogP contribution in [0.3, 0.4) is 0 Å². The summed E-state index contributed by atoms with van der Waals surface area (Å²) in [6.45, 7) is 2.52. The zero-order chi connectivity index (χ0) is 21.3. The molecule has 30 heavy (non-hydrogen) atoms. The maximum Gasteiger partial charge on any atom is 0.274 e. The molecular formula is C24H26N4O2. The molecule has 1 heterocycles. The highest BCUT2D eigenvalue weighted by molar-refractivity contribution is 5.95. The van der Waals surface area contributed by atoms with Gasteiger partial charge in [0.05, 0.1) is 5.69 Å². The first-order valence-corrected chi connectivity index (χ1v) is 10.2. The highest BCUT2D eigenvalue weighted by Crippen LogP contribution is 2.28.